The fourth-order valence-electron chi connectivity index (χ4n) is 0. The molecule has 0 aromatic carbocycles. The van der Waals surface area contributed by atoms with Crippen LogP contribution in [-0.4, -0.2) is 62.1 Å². The Morgan fingerprint density at radius 1 is 0.643 bits per heavy atom. The van der Waals surface area contributed by atoms with Crippen LogP contribution in [0.15, 0.2) is 0 Å². The number of rotatable bonds is 0. The fourth-order valence-corrected chi connectivity index (χ4v) is 0. The normalized spacial score (nSPS) is 3.86. The molecule has 0 fully saturated rings. The minimum Gasteiger partial charge on any atom is -2.00 e. The molecule has 0 aromatic heterocycles. The van der Waals surface area contributed by atoms with Gasteiger partial charge in [-0.05, 0) is 0 Å². The first-order valence-corrected chi connectivity index (χ1v) is 1.41. The van der Waals surface area contributed by atoms with E-state index in [0.717, 1.165) is 0 Å². The van der Waals surface area contributed by atoms with Crippen molar-refractivity contribution in [2.24, 2.45) is 0 Å². The molecular weight excluding hydrogens is 406 g/mol. The van der Waals surface area contributed by atoms with Crippen LogP contribution in [0, 0.1) is 0 Å². The predicted molar refractivity (Wildman–Crippen MR) is 24.4 cm³/mol. The number of hydrogen-bond donors (Lipinski definition) is 0. The maximum Gasteiger partial charge on any atom is 3.00 e. The molecule has 0 spiro atoms. The van der Waals surface area contributed by atoms with E-state index < -0.39 is 14.6 Å². The van der Waals surface area contributed by atoms with Crippen LogP contribution in [0.2, 0.25) is 0 Å². The molecule has 0 bridgehead atoms. The topological polar surface area (TPSA) is 195 Å². The largest absolute Gasteiger partial charge is 3.00 e. The Morgan fingerprint density at radius 3 is 0.643 bits per heavy atom. The second-order valence-corrected chi connectivity index (χ2v) is 0.577. The Kier molecular flexibility index (Phi) is 178. The molecule has 14 heteroatoms. The predicted octanol–water partition coefficient (Wildman–Crippen LogP) is -8.90. The molecule has 14 heavy (non-hydrogen) atoms. The maximum atomic E-state index is 8.42. The van der Waals surface area contributed by atoms with E-state index in [1.807, 2.05) is 0 Å². The standard InChI is InChI=1S/2BO3.Fe.Mg.Mn.2O.Sb/c2*2-1(3)4;;;;;;/q2*-3;+3;2*+2;2*-2;+3. The van der Waals surface area contributed by atoms with Crippen molar-refractivity contribution in [2.75, 3.05) is 0 Å². The third-order valence-electron chi connectivity index (χ3n) is 0. The van der Waals surface area contributed by atoms with Crippen LogP contribution in [0.4, 0.5) is 0 Å². The third kappa shape index (κ3) is 440. The molecule has 0 saturated carbocycles. The van der Waals surface area contributed by atoms with Crippen LogP contribution in [-0.2, 0) is 45.1 Å². The summed E-state index contributed by atoms with van der Waals surface area (Å²) in [5, 5.41) is 50.5. The maximum absolute atomic E-state index is 8.42. The monoisotopic (exact) mass is 406 g/mol. The molecule has 0 aromatic rings. The zero-order valence-corrected chi connectivity index (χ0v) is 12.6. The van der Waals surface area contributed by atoms with Crippen LogP contribution in [0.1, 0.15) is 0 Å². The van der Waals surface area contributed by atoms with Crippen LogP contribution in [0.25, 0.3) is 0 Å². The average molecular weight is 406 g/mol. The molecule has 76 valence electrons. The zero-order valence-electron chi connectivity index (χ0n) is 6.31. The molecule has 0 amide bonds. The summed E-state index contributed by atoms with van der Waals surface area (Å²) in [6, 6.07) is 0. The Hall–Kier alpha value is 2.43. The van der Waals surface area contributed by atoms with Crippen molar-refractivity contribution >= 4 is 62.1 Å². The smallest absolute Gasteiger partial charge is 2.00 e. The molecule has 0 aliphatic carbocycles. The Bertz CT molecular complexity index is 42.8. The second kappa shape index (κ2) is 45.2. The van der Waals surface area contributed by atoms with Gasteiger partial charge in [0.1, 0.15) is 0 Å². The van der Waals surface area contributed by atoms with Crippen molar-refractivity contribution in [2.45, 2.75) is 0 Å². The van der Waals surface area contributed by atoms with E-state index in [0.29, 0.717) is 0 Å². The van der Waals surface area contributed by atoms with E-state index in [9.17, 15) is 0 Å². The fraction of sp³-hybridized carbons (Fsp3) is 0. The first-order valence-electron chi connectivity index (χ1n) is 1.41. The molecule has 0 rings (SSSR count). The molecular formula is B2FeMgMnO8Sb. The first-order chi connectivity index (χ1) is 3.46. The van der Waals surface area contributed by atoms with Gasteiger partial charge in [0.05, 0.1) is 0 Å². The molecule has 4 radical (unpaired) electrons. The Labute approximate surface area is 136 Å². The molecule has 0 saturated heterocycles. The van der Waals surface area contributed by atoms with Crippen LogP contribution in [0.3, 0.4) is 0 Å². The average Bonchev–Trinajstić information content (AvgIpc) is 1.25. The molecule has 0 N–H and O–H groups in total. The zero-order chi connectivity index (χ0) is 7.15. The molecule has 0 unspecified atom stereocenters. The van der Waals surface area contributed by atoms with Crippen molar-refractivity contribution in [3.8, 4) is 0 Å². The minimum absolute atomic E-state index is 0. The van der Waals surface area contributed by atoms with E-state index >= 15 is 0 Å². The molecule has 0 aliphatic rings. The van der Waals surface area contributed by atoms with E-state index in [-0.39, 0.29) is 92.6 Å². The van der Waals surface area contributed by atoms with Gasteiger partial charge >= 0.3 is 81.6 Å². The van der Waals surface area contributed by atoms with E-state index in [2.05, 4.69) is 0 Å². The summed E-state index contributed by atoms with van der Waals surface area (Å²) in [6.07, 6.45) is 0. The number of hydrogen-bond acceptors (Lipinski definition) is 6. The molecule has 8 nitrogen and oxygen atoms in total. The van der Waals surface area contributed by atoms with Crippen molar-refractivity contribution in [3.05, 3.63) is 0 Å². The minimum atomic E-state index is -2.92. The molecule has 0 aliphatic heterocycles. The van der Waals surface area contributed by atoms with Crippen molar-refractivity contribution in [1.29, 1.82) is 0 Å². The molecule has 0 heterocycles. The van der Waals surface area contributed by atoms with Gasteiger partial charge in [0.15, 0.2) is 0 Å². The SMILES string of the molecule is [Fe+3].[Mg+2].[Mn+2].[O-2].[O-2].[O-]B([O-])[O-].[O-]B([O-])[O-].[Sb+3]. The first kappa shape index (κ1) is 55.0. The van der Waals surface area contributed by atoms with Gasteiger partial charge in [-0.15, -0.1) is 0 Å². The van der Waals surface area contributed by atoms with E-state index in [1.54, 1.807) is 0 Å². The summed E-state index contributed by atoms with van der Waals surface area (Å²) in [5.41, 5.74) is 0. The van der Waals surface area contributed by atoms with Gasteiger partial charge in [0.2, 0.25) is 0 Å². The molecule has 0 atom stereocenters. The van der Waals surface area contributed by atoms with Crippen molar-refractivity contribution in [3.63, 3.8) is 0 Å². The van der Waals surface area contributed by atoms with Gasteiger partial charge < -0.3 is 41.1 Å². The van der Waals surface area contributed by atoms with Crippen LogP contribution >= 0.6 is 0 Å². The quantitative estimate of drug-likeness (QED) is 0.358. The van der Waals surface area contributed by atoms with Gasteiger partial charge in [0, 0.05) is 0 Å². The van der Waals surface area contributed by atoms with E-state index in [1.165, 1.54) is 0 Å². The Balaban J connectivity index is -0.00000000600. The third-order valence-corrected chi connectivity index (χ3v) is 0. The van der Waals surface area contributed by atoms with Crippen molar-refractivity contribution in [1.82, 2.24) is 0 Å². The van der Waals surface area contributed by atoms with Gasteiger partial charge in [-0.3, -0.25) is 14.6 Å². The summed E-state index contributed by atoms with van der Waals surface area (Å²) >= 11 is 0. The van der Waals surface area contributed by atoms with Gasteiger partial charge in [0.25, 0.3) is 0 Å². The van der Waals surface area contributed by atoms with Gasteiger partial charge in [-0.25, -0.2) is 0 Å². The summed E-state index contributed by atoms with van der Waals surface area (Å²) in [7, 11) is -5.83. The summed E-state index contributed by atoms with van der Waals surface area (Å²) in [6.45, 7) is 0. The van der Waals surface area contributed by atoms with Crippen LogP contribution < -0.4 is 30.1 Å². The van der Waals surface area contributed by atoms with Crippen molar-refractivity contribution < 1.29 is 75.2 Å². The Morgan fingerprint density at radius 2 is 0.643 bits per heavy atom. The van der Waals surface area contributed by atoms with Gasteiger partial charge in [-0.1, -0.05) is 0 Å². The van der Waals surface area contributed by atoms with Crippen LogP contribution in [0.5, 0.6) is 0 Å². The van der Waals surface area contributed by atoms with Gasteiger partial charge in [-0.2, -0.15) is 0 Å². The van der Waals surface area contributed by atoms with E-state index in [4.69, 9.17) is 30.1 Å². The summed E-state index contributed by atoms with van der Waals surface area (Å²) < 4.78 is 0. The summed E-state index contributed by atoms with van der Waals surface area (Å²) in [5.74, 6) is 0. The second-order valence-electron chi connectivity index (χ2n) is 0.577. The summed E-state index contributed by atoms with van der Waals surface area (Å²) in [4.78, 5) is 0.